The van der Waals surface area contributed by atoms with Crippen LogP contribution >= 0.6 is 0 Å². The van der Waals surface area contributed by atoms with E-state index in [9.17, 15) is 8.42 Å². The molecule has 9 heteroatoms. The van der Waals surface area contributed by atoms with Gasteiger partial charge < -0.3 is 14.2 Å². The molecule has 3 rings (SSSR count). The van der Waals surface area contributed by atoms with Gasteiger partial charge in [-0.25, -0.2) is 13.4 Å². The number of anilines is 1. The average molecular weight is 387 g/mol. The van der Waals surface area contributed by atoms with Crippen molar-refractivity contribution < 1.29 is 22.6 Å². The van der Waals surface area contributed by atoms with Crippen molar-refractivity contribution in [3.05, 3.63) is 61.1 Å². The molecule has 1 heterocycles. The summed E-state index contributed by atoms with van der Waals surface area (Å²) < 4.78 is 43.7. The first kappa shape index (κ1) is 18.5. The second-order valence-corrected chi connectivity index (χ2v) is 6.94. The summed E-state index contributed by atoms with van der Waals surface area (Å²) in [4.78, 5) is 7.89. The maximum absolute atomic E-state index is 12.7. The van der Waals surface area contributed by atoms with Gasteiger partial charge in [-0.2, -0.15) is 0 Å². The third-order valence-electron chi connectivity index (χ3n) is 3.53. The van der Waals surface area contributed by atoms with Crippen molar-refractivity contribution in [2.75, 3.05) is 18.9 Å². The Balaban J connectivity index is 1.80. The van der Waals surface area contributed by atoms with Crippen LogP contribution in [0, 0.1) is 0 Å². The highest BCUT2D eigenvalue weighted by Crippen LogP contribution is 2.30. The van der Waals surface area contributed by atoms with Gasteiger partial charge in [0.05, 0.1) is 20.4 Å². The Morgan fingerprint density at radius 1 is 0.926 bits per heavy atom. The highest BCUT2D eigenvalue weighted by molar-refractivity contribution is 7.92. The molecule has 0 radical (unpaired) electrons. The number of nitrogens with one attached hydrogen (secondary N) is 1. The minimum absolute atomic E-state index is 0.0239. The van der Waals surface area contributed by atoms with Gasteiger partial charge in [0, 0.05) is 24.1 Å². The van der Waals surface area contributed by atoms with Gasteiger partial charge >= 0.3 is 0 Å². The number of sulfonamides is 1. The zero-order valence-electron chi connectivity index (χ0n) is 14.6. The fourth-order valence-electron chi connectivity index (χ4n) is 2.25. The topological polar surface area (TPSA) is 99.6 Å². The van der Waals surface area contributed by atoms with Crippen LogP contribution in [0.1, 0.15) is 0 Å². The normalized spacial score (nSPS) is 10.9. The SMILES string of the molecule is COc1ccc(OC)c(S(=O)(=O)Nc2ccc(Oc3cnccn3)cc2)c1. The number of benzene rings is 2. The van der Waals surface area contributed by atoms with Crippen LogP contribution in [0.4, 0.5) is 5.69 Å². The molecule has 0 aliphatic heterocycles. The van der Waals surface area contributed by atoms with Crippen LogP contribution < -0.4 is 18.9 Å². The van der Waals surface area contributed by atoms with E-state index in [-0.39, 0.29) is 10.6 Å². The predicted molar refractivity (Wildman–Crippen MR) is 98.9 cm³/mol. The van der Waals surface area contributed by atoms with Gasteiger partial charge in [-0.1, -0.05) is 0 Å². The van der Waals surface area contributed by atoms with Gasteiger partial charge in [0.2, 0.25) is 5.88 Å². The van der Waals surface area contributed by atoms with E-state index in [4.69, 9.17) is 14.2 Å². The molecule has 0 aliphatic carbocycles. The second-order valence-electron chi connectivity index (χ2n) is 5.29. The minimum Gasteiger partial charge on any atom is -0.497 e. The highest BCUT2D eigenvalue weighted by Gasteiger charge is 2.20. The van der Waals surface area contributed by atoms with E-state index >= 15 is 0 Å². The molecule has 2 aromatic carbocycles. The molecular weight excluding hydrogens is 370 g/mol. The number of methoxy groups -OCH3 is 2. The molecule has 0 atom stereocenters. The van der Waals surface area contributed by atoms with Crippen LogP contribution in [-0.4, -0.2) is 32.6 Å². The van der Waals surface area contributed by atoms with E-state index in [0.29, 0.717) is 23.1 Å². The Labute approximate surface area is 156 Å². The van der Waals surface area contributed by atoms with Gasteiger partial charge in [-0.15, -0.1) is 0 Å². The van der Waals surface area contributed by atoms with Crippen molar-refractivity contribution in [2.45, 2.75) is 4.90 Å². The smallest absolute Gasteiger partial charge is 0.265 e. The Bertz CT molecular complexity index is 1010. The second kappa shape index (κ2) is 7.92. The fraction of sp³-hybridized carbons (Fsp3) is 0.111. The van der Waals surface area contributed by atoms with Crippen LogP contribution in [0.15, 0.2) is 66.0 Å². The van der Waals surface area contributed by atoms with E-state index in [1.165, 1.54) is 44.9 Å². The van der Waals surface area contributed by atoms with Crippen molar-refractivity contribution in [3.8, 4) is 23.1 Å². The number of rotatable bonds is 7. The molecule has 0 spiro atoms. The van der Waals surface area contributed by atoms with Crippen molar-refractivity contribution >= 4 is 15.7 Å². The Morgan fingerprint density at radius 2 is 1.67 bits per heavy atom. The largest absolute Gasteiger partial charge is 0.497 e. The van der Waals surface area contributed by atoms with Crippen LogP contribution in [0.5, 0.6) is 23.1 Å². The average Bonchev–Trinajstić information content (AvgIpc) is 2.69. The first-order valence-electron chi connectivity index (χ1n) is 7.80. The molecule has 0 aliphatic rings. The molecule has 0 saturated carbocycles. The molecule has 0 saturated heterocycles. The van der Waals surface area contributed by atoms with E-state index in [2.05, 4.69) is 14.7 Å². The molecule has 27 heavy (non-hydrogen) atoms. The fourth-order valence-corrected chi connectivity index (χ4v) is 3.50. The molecule has 0 bridgehead atoms. The first-order valence-corrected chi connectivity index (χ1v) is 9.29. The summed E-state index contributed by atoms with van der Waals surface area (Å²) in [7, 11) is -1.02. The number of nitrogens with zero attached hydrogens (tertiary/aromatic N) is 2. The summed E-state index contributed by atoms with van der Waals surface area (Å²) in [5.74, 6) is 1.46. The molecular formula is C18H17N3O5S. The monoisotopic (exact) mass is 387 g/mol. The molecule has 1 N–H and O–H groups in total. The highest BCUT2D eigenvalue weighted by atomic mass is 32.2. The summed E-state index contributed by atoms with van der Waals surface area (Å²) >= 11 is 0. The van der Waals surface area contributed by atoms with Crippen LogP contribution in [0.25, 0.3) is 0 Å². The van der Waals surface area contributed by atoms with E-state index in [1.54, 1.807) is 30.3 Å². The lowest BCUT2D eigenvalue weighted by atomic mass is 10.3. The van der Waals surface area contributed by atoms with Crippen molar-refractivity contribution in [1.82, 2.24) is 9.97 Å². The molecule has 8 nitrogen and oxygen atoms in total. The van der Waals surface area contributed by atoms with Gasteiger partial charge in [-0.05, 0) is 36.4 Å². The quantitative estimate of drug-likeness (QED) is 0.665. The van der Waals surface area contributed by atoms with Gasteiger partial charge in [0.1, 0.15) is 22.1 Å². The summed E-state index contributed by atoms with van der Waals surface area (Å²) in [5, 5.41) is 0. The van der Waals surface area contributed by atoms with Crippen LogP contribution in [-0.2, 0) is 10.0 Å². The summed E-state index contributed by atoms with van der Waals surface area (Å²) in [5.41, 5.74) is 0.367. The Kier molecular flexibility index (Phi) is 5.41. The summed E-state index contributed by atoms with van der Waals surface area (Å²) in [6.45, 7) is 0. The lowest BCUT2D eigenvalue weighted by molar-refractivity contribution is 0.392. The molecule has 0 fully saturated rings. The van der Waals surface area contributed by atoms with Gasteiger partial charge in [-0.3, -0.25) is 9.71 Å². The standard InChI is InChI=1S/C18H17N3O5S/c1-24-15-7-8-16(25-2)17(11-15)27(22,23)21-13-3-5-14(6-4-13)26-18-12-19-9-10-20-18/h3-12,21H,1-2H3. The summed E-state index contributed by atoms with van der Waals surface area (Å²) in [6.07, 6.45) is 4.53. The van der Waals surface area contributed by atoms with Crippen LogP contribution in [0.3, 0.4) is 0 Å². The maximum atomic E-state index is 12.7. The van der Waals surface area contributed by atoms with E-state index in [0.717, 1.165) is 0 Å². The number of aromatic nitrogens is 2. The third-order valence-corrected chi connectivity index (χ3v) is 4.93. The van der Waals surface area contributed by atoms with E-state index in [1.807, 2.05) is 0 Å². The first-order chi connectivity index (χ1) is 13.0. The molecule has 0 amide bonds. The molecule has 1 aromatic heterocycles. The maximum Gasteiger partial charge on any atom is 0.265 e. The third kappa shape index (κ3) is 4.45. The predicted octanol–water partition coefficient (Wildman–Crippen LogP) is 3.09. The summed E-state index contributed by atoms with van der Waals surface area (Å²) in [6, 6.07) is 10.9. The van der Waals surface area contributed by atoms with Gasteiger partial charge in [0.15, 0.2) is 0 Å². The zero-order valence-corrected chi connectivity index (χ0v) is 15.4. The lowest BCUT2D eigenvalue weighted by Gasteiger charge is -2.13. The lowest BCUT2D eigenvalue weighted by Crippen LogP contribution is -2.14. The Hall–Kier alpha value is -3.33. The molecule has 3 aromatic rings. The van der Waals surface area contributed by atoms with Crippen molar-refractivity contribution in [1.29, 1.82) is 0 Å². The minimum atomic E-state index is -3.88. The van der Waals surface area contributed by atoms with E-state index < -0.39 is 10.0 Å². The number of hydrogen-bond acceptors (Lipinski definition) is 7. The number of hydrogen-bond donors (Lipinski definition) is 1. The zero-order chi connectivity index (χ0) is 19.3. The van der Waals surface area contributed by atoms with Crippen molar-refractivity contribution in [2.24, 2.45) is 0 Å². The van der Waals surface area contributed by atoms with Crippen LogP contribution in [0.2, 0.25) is 0 Å². The molecule has 0 unspecified atom stereocenters. The van der Waals surface area contributed by atoms with Crippen molar-refractivity contribution in [3.63, 3.8) is 0 Å². The number of ether oxygens (including phenoxy) is 3. The molecule has 140 valence electrons. The van der Waals surface area contributed by atoms with Gasteiger partial charge in [0.25, 0.3) is 10.0 Å². The Morgan fingerprint density at radius 3 is 2.30 bits per heavy atom.